The maximum Gasteiger partial charge on any atom is 0.166 e. The van der Waals surface area contributed by atoms with Gasteiger partial charge >= 0.3 is 0 Å². The van der Waals surface area contributed by atoms with Crippen molar-refractivity contribution in [3.63, 3.8) is 0 Å². The van der Waals surface area contributed by atoms with E-state index in [1.807, 2.05) is 30.3 Å². The van der Waals surface area contributed by atoms with Crippen LogP contribution in [0.2, 0.25) is 0 Å². The Labute approximate surface area is 158 Å². The summed E-state index contributed by atoms with van der Waals surface area (Å²) in [4.78, 5) is 12.4. The maximum atomic E-state index is 12.4. The van der Waals surface area contributed by atoms with Gasteiger partial charge in [0, 0.05) is 11.8 Å². The number of phenolic OH excluding ortho intramolecular Hbond substituents is 1. The average Bonchev–Trinajstić information content (AvgIpc) is 2.66. The minimum Gasteiger partial charge on any atom is -0.507 e. The van der Waals surface area contributed by atoms with Crippen LogP contribution < -0.4 is 0 Å². The van der Waals surface area contributed by atoms with Crippen LogP contribution in [0.15, 0.2) is 36.4 Å². The molecule has 2 aromatic rings. The van der Waals surface area contributed by atoms with E-state index >= 15 is 0 Å². The summed E-state index contributed by atoms with van der Waals surface area (Å²) < 4.78 is 0. The van der Waals surface area contributed by atoms with E-state index in [0.29, 0.717) is 12.0 Å². The first-order valence-electron chi connectivity index (χ1n) is 10.5. The number of carbonyl (C=O) groups excluding carboxylic acids is 1. The van der Waals surface area contributed by atoms with Crippen LogP contribution in [0.4, 0.5) is 0 Å². The molecular weight excluding hydrogens is 320 g/mol. The van der Waals surface area contributed by atoms with E-state index in [1.165, 1.54) is 57.8 Å². The molecule has 0 saturated heterocycles. The van der Waals surface area contributed by atoms with E-state index in [4.69, 9.17) is 0 Å². The fourth-order valence-electron chi connectivity index (χ4n) is 3.56. The molecular formula is C24H34O2. The van der Waals surface area contributed by atoms with Gasteiger partial charge in [0.15, 0.2) is 5.78 Å². The summed E-state index contributed by atoms with van der Waals surface area (Å²) in [7, 11) is 0. The van der Waals surface area contributed by atoms with Crippen LogP contribution in [0.3, 0.4) is 0 Å². The maximum absolute atomic E-state index is 12.4. The zero-order valence-corrected chi connectivity index (χ0v) is 16.3. The second-order valence-corrected chi connectivity index (χ2v) is 7.39. The number of ketones is 1. The molecule has 0 amide bonds. The van der Waals surface area contributed by atoms with Crippen LogP contribution in [-0.4, -0.2) is 10.9 Å². The highest BCUT2D eigenvalue weighted by molar-refractivity contribution is 6.04. The van der Waals surface area contributed by atoms with Crippen LogP contribution in [0.1, 0.15) is 94.3 Å². The summed E-state index contributed by atoms with van der Waals surface area (Å²) >= 11 is 0. The minimum absolute atomic E-state index is 0.0594. The van der Waals surface area contributed by atoms with Crippen molar-refractivity contribution < 1.29 is 9.90 Å². The highest BCUT2D eigenvalue weighted by Gasteiger charge is 2.13. The Kier molecular flexibility index (Phi) is 9.23. The van der Waals surface area contributed by atoms with Gasteiger partial charge in [-0.15, -0.1) is 0 Å². The standard InChI is InChI=1S/C24H34O2/c1-2-3-4-5-6-7-8-9-10-11-12-17-23(25)22-19-18-20-15-13-14-16-21(20)24(22)26/h13-16,18-19,26H,2-12,17H2,1H3. The molecule has 2 heteroatoms. The lowest BCUT2D eigenvalue weighted by Crippen LogP contribution is -1.99. The van der Waals surface area contributed by atoms with Crippen molar-refractivity contribution in [1.82, 2.24) is 0 Å². The molecule has 0 heterocycles. The van der Waals surface area contributed by atoms with Crippen molar-refractivity contribution in [2.24, 2.45) is 0 Å². The quantitative estimate of drug-likeness (QED) is 0.300. The number of carbonyl (C=O) groups is 1. The van der Waals surface area contributed by atoms with Gasteiger partial charge in [0.1, 0.15) is 5.75 Å². The molecule has 0 aliphatic heterocycles. The number of hydrogen-bond donors (Lipinski definition) is 1. The summed E-state index contributed by atoms with van der Waals surface area (Å²) in [5, 5.41) is 12.1. The third kappa shape index (κ3) is 6.48. The summed E-state index contributed by atoms with van der Waals surface area (Å²) in [6.45, 7) is 2.26. The molecule has 0 aliphatic carbocycles. The van der Waals surface area contributed by atoms with E-state index in [1.54, 1.807) is 6.07 Å². The number of fused-ring (bicyclic) bond motifs is 1. The molecule has 142 valence electrons. The van der Waals surface area contributed by atoms with Gasteiger partial charge in [0.2, 0.25) is 0 Å². The van der Waals surface area contributed by atoms with Crippen molar-refractivity contribution in [1.29, 1.82) is 0 Å². The second kappa shape index (κ2) is 11.7. The third-order valence-corrected chi connectivity index (χ3v) is 5.21. The number of aromatic hydroxyl groups is 1. The Hall–Kier alpha value is -1.83. The number of unbranched alkanes of at least 4 members (excludes halogenated alkanes) is 10. The first kappa shape index (κ1) is 20.5. The fraction of sp³-hybridized carbons (Fsp3) is 0.542. The number of Topliss-reactive ketones (excluding diaryl/α,β-unsaturated/α-hetero) is 1. The van der Waals surface area contributed by atoms with Gasteiger partial charge in [-0.05, 0) is 17.9 Å². The SMILES string of the molecule is CCCCCCCCCCCCCC(=O)c1ccc2ccccc2c1O. The summed E-state index contributed by atoms with van der Waals surface area (Å²) in [6, 6.07) is 11.3. The van der Waals surface area contributed by atoms with Crippen LogP contribution >= 0.6 is 0 Å². The van der Waals surface area contributed by atoms with Crippen molar-refractivity contribution in [3.8, 4) is 5.75 Å². The first-order chi connectivity index (χ1) is 12.7. The van der Waals surface area contributed by atoms with Crippen LogP contribution in [-0.2, 0) is 0 Å². The number of benzene rings is 2. The molecule has 0 aliphatic rings. The lowest BCUT2D eigenvalue weighted by Gasteiger charge is -2.07. The lowest BCUT2D eigenvalue weighted by molar-refractivity contribution is 0.0976. The predicted octanol–water partition coefficient (Wildman–Crippen LogP) is 7.43. The number of hydrogen-bond acceptors (Lipinski definition) is 2. The van der Waals surface area contributed by atoms with Gasteiger partial charge in [-0.25, -0.2) is 0 Å². The van der Waals surface area contributed by atoms with Gasteiger partial charge in [-0.1, -0.05) is 101 Å². The molecule has 2 rings (SSSR count). The minimum atomic E-state index is 0.0594. The molecule has 0 radical (unpaired) electrons. The van der Waals surface area contributed by atoms with Crippen molar-refractivity contribution in [3.05, 3.63) is 42.0 Å². The molecule has 0 saturated carbocycles. The normalized spacial score (nSPS) is 11.1. The van der Waals surface area contributed by atoms with E-state index in [0.717, 1.165) is 23.6 Å². The summed E-state index contributed by atoms with van der Waals surface area (Å²) in [5.74, 6) is 0.195. The molecule has 2 nitrogen and oxygen atoms in total. The Morgan fingerprint density at radius 2 is 1.35 bits per heavy atom. The molecule has 0 fully saturated rings. The highest BCUT2D eigenvalue weighted by Crippen LogP contribution is 2.29. The number of rotatable bonds is 13. The van der Waals surface area contributed by atoms with E-state index < -0.39 is 0 Å². The largest absolute Gasteiger partial charge is 0.507 e. The first-order valence-corrected chi connectivity index (χ1v) is 10.5. The van der Waals surface area contributed by atoms with E-state index in [-0.39, 0.29) is 11.5 Å². The van der Waals surface area contributed by atoms with Gasteiger partial charge in [-0.3, -0.25) is 4.79 Å². The van der Waals surface area contributed by atoms with Crippen molar-refractivity contribution in [2.75, 3.05) is 0 Å². The monoisotopic (exact) mass is 354 g/mol. The predicted molar refractivity (Wildman–Crippen MR) is 111 cm³/mol. The fourth-order valence-corrected chi connectivity index (χ4v) is 3.56. The van der Waals surface area contributed by atoms with Gasteiger partial charge in [0.05, 0.1) is 5.56 Å². The summed E-state index contributed by atoms with van der Waals surface area (Å²) in [6.07, 6.45) is 14.6. The van der Waals surface area contributed by atoms with Crippen LogP contribution in [0, 0.1) is 0 Å². The number of phenols is 1. The Balaban J connectivity index is 1.62. The van der Waals surface area contributed by atoms with Crippen LogP contribution in [0.5, 0.6) is 5.75 Å². The van der Waals surface area contributed by atoms with Gasteiger partial charge in [0.25, 0.3) is 0 Å². The van der Waals surface area contributed by atoms with E-state index in [2.05, 4.69) is 6.92 Å². The average molecular weight is 355 g/mol. The topological polar surface area (TPSA) is 37.3 Å². The third-order valence-electron chi connectivity index (χ3n) is 5.21. The molecule has 1 N–H and O–H groups in total. The Bertz CT molecular complexity index is 675. The van der Waals surface area contributed by atoms with Gasteiger partial charge < -0.3 is 5.11 Å². The molecule has 0 atom stereocenters. The van der Waals surface area contributed by atoms with Crippen molar-refractivity contribution in [2.45, 2.75) is 84.0 Å². The molecule has 0 bridgehead atoms. The van der Waals surface area contributed by atoms with Crippen LogP contribution in [0.25, 0.3) is 10.8 Å². The lowest BCUT2D eigenvalue weighted by atomic mass is 9.99. The molecule has 0 aromatic heterocycles. The van der Waals surface area contributed by atoms with Gasteiger partial charge in [-0.2, -0.15) is 0 Å². The smallest absolute Gasteiger partial charge is 0.166 e. The van der Waals surface area contributed by atoms with E-state index in [9.17, 15) is 9.90 Å². The summed E-state index contributed by atoms with van der Waals surface area (Å²) in [5.41, 5.74) is 0.468. The molecule has 2 aromatic carbocycles. The Morgan fingerprint density at radius 1 is 0.769 bits per heavy atom. The molecule has 0 unspecified atom stereocenters. The zero-order valence-electron chi connectivity index (χ0n) is 16.3. The second-order valence-electron chi connectivity index (χ2n) is 7.39. The van der Waals surface area contributed by atoms with Crippen molar-refractivity contribution >= 4 is 16.6 Å². The highest BCUT2D eigenvalue weighted by atomic mass is 16.3. The zero-order chi connectivity index (χ0) is 18.6. The Morgan fingerprint density at radius 3 is 2.00 bits per heavy atom. The molecule has 26 heavy (non-hydrogen) atoms. The molecule has 0 spiro atoms.